The Bertz CT molecular complexity index is 2810. The molecule has 2 saturated heterocycles. The summed E-state index contributed by atoms with van der Waals surface area (Å²) in [6.45, 7) is 2.66. The van der Waals surface area contributed by atoms with Gasteiger partial charge in [-0.15, -0.1) is 0 Å². The third-order valence-electron chi connectivity index (χ3n) is 11.1. The summed E-state index contributed by atoms with van der Waals surface area (Å²) in [5, 5.41) is 8.75. The molecule has 2 aliphatic rings. The van der Waals surface area contributed by atoms with Gasteiger partial charge in [-0.3, -0.25) is 33.8 Å². The number of aromatic nitrogens is 3. The van der Waals surface area contributed by atoms with Gasteiger partial charge in [0.25, 0.3) is 12.3 Å². The molecule has 59 heavy (non-hydrogen) atoms. The number of benzene rings is 3. The van der Waals surface area contributed by atoms with Crippen molar-refractivity contribution in [1.82, 2.24) is 24.8 Å². The fraction of sp³-hybridized carbons (Fsp3) is 0.295. The van der Waals surface area contributed by atoms with Crippen molar-refractivity contribution < 1.29 is 36.7 Å². The molecule has 0 bridgehead atoms. The minimum absolute atomic E-state index is 0.0385. The molecule has 2 fully saturated rings. The normalized spacial score (nSPS) is 16.0. The summed E-state index contributed by atoms with van der Waals surface area (Å²) in [6, 6.07) is 14.2. The minimum Gasteiger partial charge on any atom is -0.448 e. The van der Waals surface area contributed by atoms with Crippen molar-refractivity contribution in [2.24, 2.45) is 14.1 Å². The molecule has 1 atom stereocenters. The number of carbonyl (C=O) groups excluding carboxylic acids is 3. The quantitative estimate of drug-likeness (QED) is 0.110. The van der Waals surface area contributed by atoms with Crippen LogP contribution in [0.4, 0.5) is 24.5 Å². The Morgan fingerprint density at radius 1 is 1.02 bits per heavy atom. The SMILES string of the molecule is Cc1cc(-c2cc(F)c(Nc3cc(C4CCOCC4)c4c(c3)n(C)c(=O)n4C)cc2C(F)F)cnc1C(=O)NCC#Cc1cc2c(C3CCC(=O)NC3=O)cccc2o1. The average molecular weight is 805 g/mol. The molecule has 15 heteroatoms. The van der Waals surface area contributed by atoms with Crippen LogP contribution in [0.2, 0.25) is 0 Å². The Morgan fingerprint density at radius 2 is 1.81 bits per heavy atom. The monoisotopic (exact) mass is 804 g/mol. The number of imide groups is 1. The van der Waals surface area contributed by atoms with Crippen molar-refractivity contribution in [3.63, 3.8) is 0 Å². The lowest BCUT2D eigenvalue weighted by Crippen LogP contribution is -2.39. The van der Waals surface area contributed by atoms with E-state index in [-0.39, 0.29) is 58.9 Å². The second kappa shape index (κ2) is 15.9. The largest absolute Gasteiger partial charge is 0.448 e. The summed E-state index contributed by atoms with van der Waals surface area (Å²) in [5.74, 6) is 3.62. The van der Waals surface area contributed by atoms with Gasteiger partial charge in [-0.05, 0) is 96.7 Å². The number of furan rings is 1. The van der Waals surface area contributed by atoms with Crippen molar-refractivity contribution in [3.05, 3.63) is 111 Å². The number of carbonyl (C=O) groups is 3. The van der Waals surface area contributed by atoms with E-state index in [0.717, 1.165) is 41.6 Å². The molecule has 0 saturated carbocycles. The van der Waals surface area contributed by atoms with E-state index in [0.29, 0.717) is 53.1 Å². The highest BCUT2D eigenvalue weighted by Crippen LogP contribution is 2.39. The smallest absolute Gasteiger partial charge is 0.328 e. The van der Waals surface area contributed by atoms with Crippen LogP contribution < -0.4 is 21.6 Å². The number of aryl methyl sites for hydroxylation is 3. The molecule has 3 aromatic carbocycles. The number of hydrogen-bond donors (Lipinski definition) is 3. The highest BCUT2D eigenvalue weighted by molar-refractivity contribution is 6.03. The zero-order valence-corrected chi connectivity index (χ0v) is 32.4. The first-order valence-corrected chi connectivity index (χ1v) is 19.1. The van der Waals surface area contributed by atoms with Crippen LogP contribution in [-0.4, -0.2) is 51.6 Å². The number of hydrogen-bond acceptors (Lipinski definition) is 8. The summed E-state index contributed by atoms with van der Waals surface area (Å²) in [4.78, 5) is 54.4. The van der Waals surface area contributed by atoms with E-state index >= 15 is 4.39 Å². The second-order valence-corrected chi connectivity index (χ2v) is 14.8. The zero-order chi connectivity index (χ0) is 41.5. The maximum absolute atomic E-state index is 15.9. The molecule has 0 spiro atoms. The predicted molar refractivity (Wildman–Crippen MR) is 214 cm³/mol. The standard InChI is InChI=1S/C44H39F3N6O6/c1-23-16-25(22-49-39(23)43(56)48-13-5-6-27-19-32-28(7-4-8-37(32)59-27)29-9-10-38(54)51-42(29)55)30-20-34(45)35(21-33(30)41(46)47)50-26-17-31(24-11-14-58-15-12-24)40-36(18-26)52(2)44(57)53(40)3/h4,7-8,16-22,24,29,41,50H,9-15H2,1-3H3,(H,48,56)(H,51,54,55). The molecule has 3 amide bonds. The van der Waals surface area contributed by atoms with E-state index in [1.54, 1.807) is 49.9 Å². The van der Waals surface area contributed by atoms with Gasteiger partial charge in [-0.1, -0.05) is 18.1 Å². The Balaban J connectivity index is 0.990. The van der Waals surface area contributed by atoms with Crippen molar-refractivity contribution in [2.75, 3.05) is 25.1 Å². The number of piperidine rings is 1. The number of nitrogens with zero attached hydrogens (tertiary/aromatic N) is 3. The molecule has 0 aliphatic carbocycles. The summed E-state index contributed by atoms with van der Waals surface area (Å²) in [7, 11) is 3.35. The van der Waals surface area contributed by atoms with Crippen LogP contribution in [0.5, 0.6) is 0 Å². The van der Waals surface area contributed by atoms with Gasteiger partial charge in [0.1, 0.15) is 17.1 Å². The van der Waals surface area contributed by atoms with E-state index in [2.05, 4.69) is 32.8 Å². The molecule has 0 radical (unpaired) electrons. The lowest BCUT2D eigenvalue weighted by molar-refractivity contribution is -0.134. The second-order valence-electron chi connectivity index (χ2n) is 14.8. The number of imidazole rings is 1. The molecule has 2 aliphatic heterocycles. The number of rotatable bonds is 8. The van der Waals surface area contributed by atoms with Gasteiger partial charge in [0.15, 0.2) is 5.76 Å². The number of amides is 3. The molecule has 5 heterocycles. The van der Waals surface area contributed by atoms with Gasteiger partial charge >= 0.3 is 5.69 Å². The van der Waals surface area contributed by atoms with Crippen molar-refractivity contribution in [3.8, 4) is 23.0 Å². The van der Waals surface area contributed by atoms with E-state index in [9.17, 15) is 28.0 Å². The maximum atomic E-state index is 15.9. The van der Waals surface area contributed by atoms with Crippen molar-refractivity contribution in [2.45, 2.75) is 50.9 Å². The highest BCUT2D eigenvalue weighted by atomic mass is 19.3. The molecular formula is C44H39F3N6O6. The van der Waals surface area contributed by atoms with Crippen LogP contribution >= 0.6 is 0 Å². The lowest BCUT2D eigenvalue weighted by atomic mass is 9.88. The molecule has 3 aromatic heterocycles. The van der Waals surface area contributed by atoms with Crippen molar-refractivity contribution in [1.29, 1.82) is 0 Å². The zero-order valence-electron chi connectivity index (χ0n) is 32.4. The van der Waals surface area contributed by atoms with Gasteiger partial charge in [0, 0.05) is 68.2 Å². The molecular weight excluding hydrogens is 766 g/mol. The van der Waals surface area contributed by atoms with Crippen LogP contribution in [-0.2, 0) is 28.4 Å². The fourth-order valence-electron chi connectivity index (χ4n) is 8.09. The van der Waals surface area contributed by atoms with Crippen LogP contribution in [0.3, 0.4) is 0 Å². The number of alkyl halides is 2. The number of nitrogens with one attached hydrogen (secondary N) is 3. The number of fused-ring (bicyclic) bond motifs is 2. The lowest BCUT2D eigenvalue weighted by Gasteiger charge is -2.24. The van der Waals surface area contributed by atoms with Crippen LogP contribution in [0, 0.1) is 24.6 Å². The summed E-state index contributed by atoms with van der Waals surface area (Å²) < 4.78 is 59.6. The highest BCUT2D eigenvalue weighted by Gasteiger charge is 2.30. The predicted octanol–water partition coefficient (Wildman–Crippen LogP) is 7.01. The van der Waals surface area contributed by atoms with Gasteiger partial charge in [0.2, 0.25) is 11.8 Å². The number of anilines is 2. The fourth-order valence-corrected chi connectivity index (χ4v) is 8.09. The van der Waals surface area contributed by atoms with Gasteiger partial charge in [-0.25, -0.2) is 18.0 Å². The first-order valence-electron chi connectivity index (χ1n) is 19.1. The summed E-state index contributed by atoms with van der Waals surface area (Å²) in [5.41, 5.74) is 3.70. The van der Waals surface area contributed by atoms with Crippen LogP contribution in [0.1, 0.15) is 82.4 Å². The van der Waals surface area contributed by atoms with E-state index in [1.807, 2.05) is 12.1 Å². The van der Waals surface area contributed by atoms with Crippen molar-refractivity contribution >= 4 is 51.1 Å². The number of ether oxygens (including phenoxy) is 1. The molecule has 3 N–H and O–H groups in total. The van der Waals surface area contributed by atoms with Crippen LogP contribution in [0.15, 0.2) is 70.0 Å². The van der Waals surface area contributed by atoms with E-state index in [4.69, 9.17) is 9.15 Å². The van der Waals surface area contributed by atoms with Gasteiger partial charge in [0.05, 0.1) is 29.2 Å². The average Bonchev–Trinajstić information content (AvgIpc) is 3.74. The van der Waals surface area contributed by atoms with Gasteiger partial charge in [-0.2, -0.15) is 0 Å². The van der Waals surface area contributed by atoms with Gasteiger partial charge < -0.3 is 19.8 Å². The Kier molecular flexibility index (Phi) is 10.6. The summed E-state index contributed by atoms with van der Waals surface area (Å²) in [6.07, 6.45) is 0.387. The summed E-state index contributed by atoms with van der Waals surface area (Å²) >= 11 is 0. The number of pyridine rings is 1. The first kappa shape index (κ1) is 39.2. The Labute approximate surface area is 335 Å². The first-order chi connectivity index (χ1) is 28.4. The molecule has 8 rings (SSSR count). The molecule has 1 unspecified atom stereocenters. The third-order valence-corrected chi connectivity index (χ3v) is 11.1. The van der Waals surface area contributed by atoms with Crippen LogP contribution in [0.25, 0.3) is 33.1 Å². The Morgan fingerprint density at radius 3 is 2.56 bits per heavy atom. The molecule has 6 aromatic rings. The molecule has 12 nitrogen and oxygen atoms in total. The minimum atomic E-state index is -2.97. The third kappa shape index (κ3) is 7.59. The Hall–Kier alpha value is -6.66. The van der Waals surface area contributed by atoms with E-state index < -0.39 is 29.6 Å². The maximum Gasteiger partial charge on any atom is 0.328 e. The topological polar surface area (TPSA) is 149 Å². The molecule has 302 valence electrons. The number of halogens is 3. The van der Waals surface area contributed by atoms with E-state index in [1.165, 1.54) is 16.8 Å².